The van der Waals surface area contributed by atoms with E-state index in [0.29, 0.717) is 5.75 Å². The van der Waals surface area contributed by atoms with Crippen molar-refractivity contribution in [2.45, 2.75) is 34.1 Å². The van der Waals surface area contributed by atoms with Gasteiger partial charge in [0.05, 0.1) is 18.7 Å². The van der Waals surface area contributed by atoms with Crippen LogP contribution in [0.25, 0.3) is 0 Å². The van der Waals surface area contributed by atoms with Gasteiger partial charge in [0.25, 0.3) is 0 Å². The molecule has 0 spiro atoms. The Hall–Kier alpha value is -1.78. The van der Waals surface area contributed by atoms with Crippen LogP contribution in [0.15, 0.2) is 0 Å². The van der Waals surface area contributed by atoms with Crippen LogP contribution in [0.4, 0.5) is 5.82 Å². The number of anilines is 1. The Morgan fingerprint density at radius 2 is 1.95 bits per heavy atom. The van der Waals surface area contributed by atoms with Gasteiger partial charge < -0.3 is 14.7 Å². The lowest BCUT2D eigenvalue weighted by molar-refractivity contribution is -0.137. The highest BCUT2D eigenvalue weighted by Gasteiger charge is 2.15. The molecule has 5 heteroatoms. The van der Waals surface area contributed by atoms with Gasteiger partial charge in [0.1, 0.15) is 11.6 Å². The fraction of sp³-hybridized carbons (Fsp3) is 0.571. The Balaban J connectivity index is 3.01. The fourth-order valence-electron chi connectivity index (χ4n) is 1.88. The number of rotatable bonds is 6. The van der Waals surface area contributed by atoms with E-state index in [-0.39, 0.29) is 13.0 Å². The number of pyridine rings is 1. The largest absolute Gasteiger partial charge is 0.491 e. The van der Waals surface area contributed by atoms with E-state index in [2.05, 4.69) is 16.8 Å². The molecule has 0 aliphatic rings. The zero-order chi connectivity index (χ0) is 14.6. The Kier molecular flexibility index (Phi) is 5.15. The number of hydrogen-bond donors (Lipinski definition) is 1. The lowest BCUT2D eigenvalue weighted by Crippen LogP contribution is -2.20. The highest BCUT2D eigenvalue weighted by molar-refractivity contribution is 5.66. The van der Waals surface area contributed by atoms with Crippen molar-refractivity contribution in [3.63, 3.8) is 0 Å². The molecule has 106 valence electrons. The molecule has 5 nitrogen and oxygen atoms in total. The molecule has 19 heavy (non-hydrogen) atoms. The topological polar surface area (TPSA) is 62.7 Å². The van der Waals surface area contributed by atoms with Gasteiger partial charge >= 0.3 is 5.97 Å². The number of aromatic nitrogens is 1. The van der Waals surface area contributed by atoms with Crippen LogP contribution in [0.5, 0.6) is 5.75 Å². The van der Waals surface area contributed by atoms with Crippen molar-refractivity contribution in [1.82, 2.24) is 4.98 Å². The number of nitrogens with zero attached hydrogens (tertiary/aromatic N) is 2. The summed E-state index contributed by atoms with van der Waals surface area (Å²) in [4.78, 5) is 17.1. The van der Waals surface area contributed by atoms with Crippen molar-refractivity contribution in [2.75, 3.05) is 25.1 Å². The quantitative estimate of drug-likeness (QED) is 0.856. The summed E-state index contributed by atoms with van der Waals surface area (Å²) < 4.78 is 5.57. The third-order valence-corrected chi connectivity index (χ3v) is 3.24. The molecule has 1 aromatic heterocycles. The maximum atomic E-state index is 10.5. The molecular formula is C14H22N2O3. The predicted octanol–water partition coefficient (Wildman–Crippen LogP) is 2.32. The number of carboxylic acid groups (broad SMARTS) is 1. The van der Waals surface area contributed by atoms with Gasteiger partial charge in [-0.15, -0.1) is 0 Å². The molecule has 1 N–H and O–H groups in total. The Morgan fingerprint density at radius 3 is 2.47 bits per heavy atom. The van der Waals surface area contributed by atoms with Crippen molar-refractivity contribution in [3.05, 3.63) is 16.8 Å². The third-order valence-electron chi connectivity index (χ3n) is 3.24. The molecule has 0 bridgehead atoms. The minimum absolute atomic E-state index is 0.00541. The summed E-state index contributed by atoms with van der Waals surface area (Å²) in [6, 6.07) is 0. The summed E-state index contributed by atoms with van der Waals surface area (Å²) in [7, 11) is 2.00. The van der Waals surface area contributed by atoms with E-state index in [4.69, 9.17) is 9.84 Å². The summed E-state index contributed by atoms with van der Waals surface area (Å²) in [6.45, 7) is 8.99. The van der Waals surface area contributed by atoms with E-state index in [9.17, 15) is 4.79 Å². The van der Waals surface area contributed by atoms with Crippen LogP contribution >= 0.6 is 0 Å². The molecule has 1 aromatic rings. The number of carbonyl (C=O) groups is 1. The molecule has 0 unspecified atom stereocenters. The Bertz CT molecular complexity index is 472. The maximum absolute atomic E-state index is 10.5. The van der Waals surface area contributed by atoms with Gasteiger partial charge in [-0.3, -0.25) is 4.79 Å². The molecule has 0 saturated carbocycles. The first-order chi connectivity index (χ1) is 8.88. The van der Waals surface area contributed by atoms with Gasteiger partial charge in [0.15, 0.2) is 0 Å². The maximum Gasteiger partial charge on any atom is 0.306 e. The summed E-state index contributed by atoms with van der Waals surface area (Å²) in [5, 5.41) is 8.63. The molecule has 0 fully saturated rings. The van der Waals surface area contributed by atoms with Crippen LogP contribution in [0.2, 0.25) is 0 Å². The van der Waals surface area contributed by atoms with Crippen LogP contribution in [0, 0.1) is 20.8 Å². The van der Waals surface area contributed by atoms with Crippen LogP contribution < -0.4 is 9.64 Å². The highest BCUT2D eigenvalue weighted by atomic mass is 16.5. The second kappa shape index (κ2) is 6.41. The normalized spacial score (nSPS) is 10.4. The summed E-state index contributed by atoms with van der Waals surface area (Å²) in [6.07, 6.45) is -0.00541. The summed E-state index contributed by atoms with van der Waals surface area (Å²) in [5.41, 5.74) is 2.89. The van der Waals surface area contributed by atoms with E-state index in [1.54, 1.807) is 0 Å². The van der Waals surface area contributed by atoms with Gasteiger partial charge in [-0.25, -0.2) is 4.98 Å². The van der Waals surface area contributed by atoms with Crippen LogP contribution in [-0.2, 0) is 4.79 Å². The van der Waals surface area contributed by atoms with Crippen molar-refractivity contribution in [3.8, 4) is 5.75 Å². The molecule has 0 aliphatic heterocycles. The summed E-state index contributed by atoms with van der Waals surface area (Å²) in [5.74, 6) is 0.789. The average molecular weight is 266 g/mol. The fourth-order valence-corrected chi connectivity index (χ4v) is 1.88. The highest BCUT2D eigenvalue weighted by Crippen LogP contribution is 2.30. The van der Waals surface area contributed by atoms with E-state index in [0.717, 1.165) is 29.2 Å². The van der Waals surface area contributed by atoms with E-state index < -0.39 is 5.97 Å². The van der Waals surface area contributed by atoms with Gasteiger partial charge in [-0.2, -0.15) is 0 Å². The van der Waals surface area contributed by atoms with Gasteiger partial charge in [-0.1, -0.05) is 0 Å². The molecule has 0 saturated heterocycles. The molecule has 0 amide bonds. The van der Waals surface area contributed by atoms with Crippen molar-refractivity contribution < 1.29 is 14.6 Å². The third kappa shape index (κ3) is 3.59. The first-order valence-electron chi connectivity index (χ1n) is 6.42. The Morgan fingerprint density at radius 1 is 1.32 bits per heavy atom. The zero-order valence-corrected chi connectivity index (χ0v) is 12.3. The number of carboxylic acids is 1. The molecule has 0 aromatic carbocycles. The second-order valence-corrected chi connectivity index (χ2v) is 4.61. The second-order valence-electron chi connectivity index (χ2n) is 4.61. The van der Waals surface area contributed by atoms with Crippen LogP contribution in [0.1, 0.15) is 30.2 Å². The Labute approximate surface area is 114 Å². The number of hydrogen-bond acceptors (Lipinski definition) is 4. The van der Waals surface area contributed by atoms with Crippen LogP contribution in [0.3, 0.4) is 0 Å². The van der Waals surface area contributed by atoms with E-state index in [1.165, 1.54) is 0 Å². The lowest BCUT2D eigenvalue weighted by Gasteiger charge is -2.22. The molecule has 0 atom stereocenters. The smallest absolute Gasteiger partial charge is 0.306 e. The molecule has 0 aliphatic carbocycles. The first kappa shape index (κ1) is 15.3. The minimum atomic E-state index is -0.859. The number of ether oxygens (including phenoxy) is 1. The predicted molar refractivity (Wildman–Crippen MR) is 75.1 cm³/mol. The van der Waals surface area contributed by atoms with Crippen molar-refractivity contribution in [2.24, 2.45) is 0 Å². The number of aryl methyl sites for hydroxylation is 1. The zero-order valence-electron chi connectivity index (χ0n) is 12.3. The van der Waals surface area contributed by atoms with Gasteiger partial charge in [0, 0.05) is 13.6 Å². The van der Waals surface area contributed by atoms with Crippen molar-refractivity contribution >= 4 is 11.8 Å². The number of aliphatic carboxylic acids is 1. The van der Waals surface area contributed by atoms with E-state index >= 15 is 0 Å². The van der Waals surface area contributed by atoms with Gasteiger partial charge in [0.2, 0.25) is 0 Å². The lowest BCUT2D eigenvalue weighted by atomic mass is 10.1. The van der Waals surface area contributed by atoms with E-state index in [1.807, 2.05) is 27.8 Å². The molecule has 1 rings (SSSR count). The minimum Gasteiger partial charge on any atom is -0.491 e. The molecule has 0 radical (unpaired) electrons. The average Bonchev–Trinajstić information content (AvgIpc) is 2.36. The SMILES string of the molecule is CCN(C)c1nc(C)c(OCCC(=O)O)c(C)c1C. The summed E-state index contributed by atoms with van der Waals surface area (Å²) >= 11 is 0. The van der Waals surface area contributed by atoms with Crippen molar-refractivity contribution in [1.29, 1.82) is 0 Å². The molecular weight excluding hydrogens is 244 g/mol. The van der Waals surface area contributed by atoms with Crippen LogP contribution in [-0.4, -0.2) is 36.3 Å². The molecule has 1 heterocycles. The first-order valence-corrected chi connectivity index (χ1v) is 6.42. The monoisotopic (exact) mass is 266 g/mol. The standard InChI is InChI=1S/C14H22N2O3/c1-6-16(5)14-10(3)9(2)13(11(4)15-14)19-8-7-12(17)18/h6-8H2,1-5H3,(H,17,18). The van der Waals surface area contributed by atoms with Gasteiger partial charge in [-0.05, 0) is 38.8 Å².